The molecule has 0 spiro atoms. The molecule has 0 saturated heterocycles. The Labute approximate surface area is 139 Å². The number of aryl methyl sites for hydroxylation is 3. The van der Waals surface area contributed by atoms with Crippen molar-refractivity contribution in [1.29, 1.82) is 0 Å². The predicted octanol–water partition coefficient (Wildman–Crippen LogP) is 4.68. The summed E-state index contributed by atoms with van der Waals surface area (Å²) in [7, 11) is -3.83. The average Bonchev–Trinajstić information content (AvgIpc) is 2.41. The molecule has 0 bridgehead atoms. The van der Waals surface area contributed by atoms with Gasteiger partial charge in [-0.25, -0.2) is 0 Å². The summed E-state index contributed by atoms with van der Waals surface area (Å²) in [6, 6.07) is 10.7. The zero-order valence-corrected chi connectivity index (χ0v) is 15.4. The van der Waals surface area contributed by atoms with Crippen LogP contribution in [-0.4, -0.2) is 8.42 Å². The molecule has 0 N–H and O–H groups in total. The van der Waals surface area contributed by atoms with Crippen LogP contribution in [0.1, 0.15) is 43.0 Å². The lowest BCUT2D eigenvalue weighted by Crippen LogP contribution is -2.13. The summed E-state index contributed by atoms with van der Waals surface area (Å²) in [6.45, 7) is 12.0. The van der Waals surface area contributed by atoms with Crippen molar-refractivity contribution in [2.75, 3.05) is 0 Å². The molecule has 2 aromatic rings. The normalized spacial score (nSPS) is 12.3. The molecule has 2 rings (SSSR count). The summed E-state index contributed by atoms with van der Waals surface area (Å²) in [5.41, 5.74) is 3.84. The molecule has 0 fully saturated rings. The number of hydrogen-bond acceptors (Lipinski definition) is 3. The Hall–Kier alpha value is -1.81. The van der Waals surface area contributed by atoms with Gasteiger partial charge in [-0.1, -0.05) is 39.0 Å². The van der Waals surface area contributed by atoms with Crippen molar-refractivity contribution in [3.63, 3.8) is 0 Å². The molecule has 0 amide bonds. The Kier molecular flexibility index (Phi) is 4.58. The fraction of sp³-hybridized carbons (Fsp3) is 0.368. The van der Waals surface area contributed by atoms with E-state index in [-0.39, 0.29) is 10.3 Å². The second-order valence-corrected chi connectivity index (χ2v) is 8.53. The highest BCUT2D eigenvalue weighted by Gasteiger charge is 2.21. The first kappa shape index (κ1) is 17.5. The van der Waals surface area contributed by atoms with E-state index in [0.29, 0.717) is 11.3 Å². The Morgan fingerprint density at radius 1 is 0.826 bits per heavy atom. The van der Waals surface area contributed by atoms with Gasteiger partial charge in [-0.05, 0) is 66.6 Å². The van der Waals surface area contributed by atoms with Gasteiger partial charge < -0.3 is 4.18 Å². The van der Waals surface area contributed by atoms with E-state index in [2.05, 4.69) is 20.8 Å². The highest BCUT2D eigenvalue weighted by Crippen LogP contribution is 2.27. The van der Waals surface area contributed by atoms with Crippen molar-refractivity contribution in [3.8, 4) is 5.75 Å². The first-order valence-electron chi connectivity index (χ1n) is 7.63. The van der Waals surface area contributed by atoms with Crippen LogP contribution < -0.4 is 4.18 Å². The Morgan fingerprint density at radius 3 is 1.87 bits per heavy atom. The molecule has 124 valence electrons. The Bertz CT molecular complexity index is 811. The van der Waals surface area contributed by atoms with Crippen LogP contribution in [0, 0.1) is 20.8 Å². The van der Waals surface area contributed by atoms with Crippen molar-refractivity contribution in [2.24, 2.45) is 0 Å². The van der Waals surface area contributed by atoms with Crippen molar-refractivity contribution in [1.82, 2.24) is 0 Å². The lowest BCUT2D eigenvalue weighted by Gasteiger charge is -2.19. The monoisotopic (exact) mass is 332 g/mol. The van der Waals surface area contributed by atoms with E-state index in [1.54, 1.807) is 25.1 Å². The zero-order valence-electron chi connectivity index (χ0n) is 14.6. The molecule has 2 aromatic carbocycles. The fourth-order valence-electron chi connectivity index (χ4n) is 2.39. The Morgan fingerprint density at radius 2 is 1.35 bits per heavy atom. The minimum atomic E-state index is -3.83. The van der Waals surface area contributed by atoms with E-state index in [1.165, 1.54) is 0 Å². The van der Waals surface area contributed by atoms with E-state index < -0.39 is 10.1 Å². The van der Waals surface area contributed by atoms with Crippen molar-refractivity contribution >= 4 is 10.1 Å². The molecule has 23 heavy (non-hydrogen) atoms. The van der Waals surface area contributed by atoms with Crippen LogP contribution >= 0.6 is 0 Å². The quantitative estimate of drug-likeness (QED) is 0.767. The molecule has 0 heterocycles. The SMILES string of the molecule is Cc1cc(C)c(S(=O)(=O)Oc2ccc(C(C)(C)C)cc2)cc1C. The van der Waals surface area contributed by atoms with Gasteiger partial charge in [-0.3, -0.25) is 0 Å². The van der Waals surface area contributed by atoms with Crippen LogP contribution in [0.5, 0.6) is 5.75 Å². The fourth-order valence-corrected chi connectivity index (χ4v) is 3.61. The standard InChI is InChI=1S/C19H24O3S/c1-13-11-15(3)18(12-14(13)2)23(20,21)22-17-9-7-16(8-10-17)19(4,5)6/h7-12H,1-6H3. The van der Waals surface area contributed by atoms with Gasteiger partial charge in [0.25, 0.3) is 0 Å². The van der Waals surface area contributed by atoms with Crippen LogP contribution in [-0.2, 0) is 15.5 Å². The third-order valence-electron chi connectivity index (χ3n) is 3.99. The summed E-state index contributed by atoms with van der Waals surface area (Å²) in [5, 5.41) is 0. The summed E-state index contributed by atoms with van der Waals surface area (Å²) < 4.78 is 30.4. The molecule has 4 heteroatoms. The van der Waals surface area contributed by atoms with E-state index >= 15 is 0 Å². The minimum Gasteiger partial charge on any atom is -0.379 e. The van der Waals surface area contributed by atoms with Crippen LogP contribution in [0.2, 0.25) is 0 Å². The van der Waals surface area contributed by atoms with Gasteiger partial charge in [0.05, 0.1) is 0 Å². The highest BCUT2D eigenvalue weighted by molar-refractivity contribution is 7.87. The average molecular weight is 332 g/mol. The van der Waals surface area contributed by atoms with Gasteiger partial charge in [0.15, 0.2) is 0 Å². The summed E-state index contributed by atoms with van der Waals surface area (Å²) in [6.07, 6.45) is 0. The highest BCUT2D eigenvalue weighted by atomic mass is 32.2. The van der Waals surface area contributed by atoms with Crippen LogP contribution in [0.15, 0.2) is 41.3 Å². The maximum Gasteiger partial charge on any atom is 0.339 e. The maximum absolute atomic E-state index is 12.5. The molecular weight excluding hydrogens is 308 g/mol. The molecular formula is C19H24O3S. The van der Waals surface area contributed by atoms with Gasteiger partial charge in [0.1, 0.15) is 10.6 Å². The predicted molar refractivity (Wildman–Crippen MR) is 93.6 cm³/mol. The third-order valence-corrected chi connectivity index (χ3v) is 5.38. The first-order chi connectivity index (χ1) is 10.5. The molecule has 0 saturated carbocycles. The van der Waals surface area contributed by atoms with Crippen LogP contribution in [0.3, 0.4) is 0 Å². The van der Waals surface area contributed by atoms with Crippen molar-refractivity contribution < 1.29 is 12.6 Å². The number of hydrogen-bond donors (Lipinski definition) is 0. The molecule has 0 unspecified atom stereocenters. The molecule has 0 aliphatic heterocycles. The molecule has 0 atom stereocenters. The summed E-state index contributed by atoms with van der Waals surface area (Å²) in [5.74, 6) is 0.329. The topological polar surface area (TPSA) is 43.4 Å². The largest absolute Gasteiger partial charge is 0.379 e. The van der Waals surface area contributed by atoms with Crippen molar-refractivity contribution in [3.05, 3.63) is 58.7 Å². The lowest BCUT2D eigenvalue weighted by atomic mass is 9.87. The molecule has 0 aliphatic rings. The zero-order chi connectivity index (χ0) is 17.4. The first-order valence-corrected chi connectivity index (χ1v) is 9.04. The summed E-state index contributed by atoms with van der Waals surface area (Å²) in [4.78, 5) is 0.223. The van der Waals surface area contributed by atoms with Crippen LogP contribution in [0.25, 0.3) is 0 Å². The van der Waals surface area contributed by atoms with E-state index in [4.69, 9.17) is 4.18 Å². The minimum absolute atomic E-state index is 0.0159. The van der Waals surface area contributed by atoms with E-state index in [9.17, 15) is 8.42 Å². The number of rotatable bonds is 3. The molecule has 3 nitrogen and oxygen atoms in total. The smallest absolute Gasteiger partial charge is 0.339 e. The van der Waals surface area contributed by atoms with Gasteiger partial charge in [-0.15, -0.1) is 0 Å². The van der Waals surface area contributed by atoms with E-state index in [0.717, 1.165) is 16.7 Å². The third kappa shape index (κ3) is 3.94. The van der Waals surface area contributed by atoms with Gasteiger partial charge in [0, 0.05) is 0 Å². The maximum atomic E-state index is 12.5. The summed E-state index contributed by atoms with van der Waals surface area (Å²) >= 11 is 0. The van der Waals surface area contributed by atoms with Gasteiger partial charge in [-0.2, -0.15) is 8.42 Å². The molecule has 0 radical (unpaired) electrons. The van der Waals surface area contributed by atoms with Gasteiger partial charge in [0.2, 0.25) is 0 Å². The van der Waals surface area contributed by atoms with Crippen molar-refractivity contribution in [2.45, 2.75) is 51.9 Å². The Balaban J connectivity index is 2.34. The lowest BCUT2D eigenvalue weighted by molar-refractivity contribution is 0.485. The van der Waals surface area contributed by atoms with Crippen LogP contribution in [0.4, 0.5) is 0 Å². The number of benzene rings is 2. The second-order valence-electron chi connectivity index (χ2n) is 7.01. The second kappa shape index (κ2) is 6.00. The van der Waals surface area contributed by atoms with Gasteiger partial charge >= 0.3 is 10.1 Å². The molecule has 0 aliphatic carbocycles. The van der Waals surface area contributed by atoms with E-state index in [1.807, 2.05) is 32.0 Å². The molecule has 0 aromatic heterocycles.